The number of hydrogen-bond donors (Lipinski definition) is 3. The average Bonchev–Trinajstić information content (AvgIpc) is 2.41. The van der Waals surface area contributed by atoms with Crippen LogP contribution in [0.1, 0.15) is 5.56 Å². The number of allylic oxidation sites excluding steroid dienone is 5. The maximum atomic E-state index is 10.6. The van der Waals surface area contributed by atoms with Gasteiger partial charge >= 0.3 is 0 Å². The number of nitrogens with two attached hydrogens (primary N) is 1. The number of hydrogen-bond acceptors (Lipinski definition) is 4. The van der Waals surface area contributed by atoms with Gasteiger partial charge in [0.05, 0.1) is 12.3 Å². The number of aromatic nitrogens is 1. The third-order valence-electron chi connectivity index (χ3n) is 2.66. The monoisotopic (exact) mass is 288 g/mol. The Kier molecular flexibility index (Phi) is 4.32. The highest BCUT2D eigenvalue weighted by Crippen LogP contribution is 2.26. The van der Waals surface area contributed by atoms with Crippen molar-refractivity contribution in [2.75, 3.05) is 6.54 Å². The van der Waals surface area contributed by atoms with Crippen LogP contribution in [-0.2, 0) is 4.79 Å². The van der Waals surface area contributed by atoms with Crippen LogP contribution >= 0.6 is 11.6 Å². The van der Waals surface area contributed by atoms with Gasteiger partial charge in [-0.15, -0.1) is 0 Å². The minimum absolute atomic E-state index is 0.0373. The van der Waals surface area contributed by atoms with E-state index in [-0.39, 0.29) is 6.54 Å². The number of pyridine rings is 1. The van der Waals surface area contributed by atoms with E-state index in [1.54, 1.807) is 30.6 Å². The summed E-state index contributed by atoms with van der Waals surface area (Å²) in [5.74, 6) is -0.452. The molecular formula is C14H13ClN4O. The Hall–Kier alpha value is -2.40. The Balaban J connectivity index is 2.16. The van der Waals surface area contributed by atoms with Gasteiger partial charge in [-0.2, -0.15) is 0 Å². The van der Waals surface area contributed by atoms with Crippen molar-refractivity contribution in [3.05, 3.63) is 59.0 Å². The van der Waals surface area contributed by atoms with E-state index in [0.717, 1.165) is 11.1 Å². The molecule has 102 valence electrons. The van der Waals surface area contributed by atoms with Crippen LogP contribution < -0.4 is 11.1 Å². The molecule has 1 amide bonds. The molecular weight excluding hydrogens is 276 g/mol. The number of primary amides is 1. The van der Waals surface area contributed by atoms with E-state index in [4.69, 9.17) is 22.7 Å². The zero-order valence-corrected chi connectivity index (χ0v) is 11.3. The second-order valence-corrected chi connectivity index (χ2v) is 4.49. The van der Waals surface area contributed by atoms with Gasteiger partial charge in [0.25, 0.3) is 0 Å². The molecule has 5 nitrogen and oxygen atoms in total. The molecule has 0 bridgehead atoms. The molecule has 0 spiro atoms. The number of carbonyl (C=O) groups excluding carboxylic acids is 1. The topological polar surface area (TPSA) is 91.9 Å². The fourth-order valence-electron chi connectivity index (χ4n) is 1.71. The molecule has 0 aromatic carbocycles. The van der Waals surface area contributed by atoms with E-state index < -0.39 is 5.91 Å². The lowest BCUT2D eigenvalue weighted by Gasteiger charge is -2.11. The number of nitrogens with zero attached hydrogens (tertiary/aromatic N) is 1. The van der Waals surface area contributed by atoms with Gasteiger partial charge in [0.1, 0.15) is 5.15 Å². The minimum atomic E-state index is -0.452. The Morgan fingerprint density at radius 3 is 2.95 bits per heavy atom. The molecule has 0 radical (unpaired) electrons. The van der Waals surface area contributed by atoms with Crippen molar-refractivity contribution in [1.82, 2.24) is 10.3 Å². The first kappa shape index (κ1) is 14.0. The zero-order chi connectivity index (χ0) is 14.5. The lowest BCUT2D eigenvalue weighted by atomic mass is 9.97. The highest BCUT2D eigenvalue weighted by atomic mass is 35.5. The van der Waals surface area contributed by atoms with Crippen LogP contribution in [0.25, 0.3) is 5.57 Å². The van der Waals surface area contributed by atoms with Gasteiger partial charge in [0, 0.05) is 23.5 Å². The first-order valence-electron chi connectivity index (χ1n) is 5.89. The summed E-state index contributed by atoms with van der Waals surface area (Å²) >= 11 is 6.03. The molecule has 0 saturated carbocycles. The standard InChI is InChI=1S/C14H13ClN4O/c15-14-11(2-1-5-19-14)9-3-4-10(12(16)6-9)7-18-8-13(17)20/h1-7,16,18H,8H2,(H2,17,20)/b10-7-,16-12?. The SMILES string of the molecule is N=C1C=C(c2cccnc2Cl)C=C/C1=C/NCC(N)=O. The van der Waals surface area contributed by atoms with Crippen molar-refractivity contribution >= 4 is 28.8 Å². The summed E-state index contributed by atoms with van der Waals surface area (Å²) < 4.78 is 0. The molecule has 1 aromatic rings. The van der Waals surface area contributed by atoms with Crippen molar-refractivity contribution in [3.8, 4) is 0 Å². The second kappa shape index (κ2) is 6.16. The summed E-state index contributed by atoms with van der Waals surface area (Å²) in [6, 6.07) is 3.64. The Morgan fingerprint density at radius 2 is 2.30 bits per heavy atom. The van der Waals surface area contributed by atoms with E-state index in [0.29, 0.717) is 16.4 Å². The molecule has 1 aromatic heterocycles. The Labute approximate surface area is 121 Å². The molecule has 0 fully saturated rings. The highest BCUT2D eigenvalue weighted by molar-refractivity contribution is 6.31. The second-order valence-electron chi connectivity index (χ2n) is 4.14. The molecule has 6 heteroatoms. The van der Waals surface area contributed by atoms with Gasteiger partial charge in [-0.05, 0) is 23.8 Å². The maximum Gasteiger partial charge on any atom is 0.236 e. The lowest BCUT2D eigenvalue weighted by molar-refractivity contribution is -0.117. The van der Waals surface area contributed by atoms with Crippen molar-refractivity contribution in [2.24, 2.45) is 5.73 Å². The van der Waals surface area contributed by atoms with Crippen LogP contribution in [0.3, 0.4) is 0 Å². The van der Waals surface area contributed by atoms with Crippen LogP contribution in [-0.4, -0.2) is 23.1 Å². The predicted octanol–water partition coefficient (Wildman–Crippen LogP) is 1.67. The van der Waals surface area contributed by atoms with E-state index in [1.165, 1.54) is 0 Å². The van der Waals surface area contributed by atoms with Crippen LogP contribution in [0.5, 0.6) is 0 Å². The summed E-state index contributed by atoms with van der Waals surface area (Å²) in [5, 5.41) is 11.1. The largest absolute Gasteiger partial charge is 0.382 e. The Bertz CT molecular complexity index is 646. The lowest BCUT2D eigenvalue weighted by Crippen LogP contribution is -2.25. The first-order chi connectivity index (χ1) is 9.58. The van der Waals surface area contributed by atoms with Gasteiger partial charge in [0.15, 0.2) is 0 Å². The fourth-order valence-corrected chi connectivity index (χ4v) is 1.94. The van der Waals surface area contributed by atoms with Crippen LogP contribution in [0.2, 0.25) is 5.15 Å². The molecule has 1 aliphatic rings. The molecule has 2 rings (SSSR count). The summed E-state index contributed by atoms with van der Waals surface area (Å²) in [6.45, 7) is 0.0373. The van der Waals surface area contributed by atoms with Gasteiger partial charge in [-0.25, -0.2) is 4.98 Å². The van der Waals surface area contributed by atoms with Crippen molar-refractivity contribution in [1.29, 1.82) is 5.41 Å². The normalized spacial score (nSPS) is 16.1. The first-order valence-corrected chi connectivity index (χ1v) is 6.27. The number of rotatable bonds is 4. The Morgan fingerprint density at radius 1 is 1.50 bits per heavy atom. The third-order valence-corrected chi connectivity index (χ3v) is 2.96. The smallest absolute Gasteiger partial charge is 0.236 e. The predicted molar refractivity (Wildman–Crippen MR) is 79.4 cm³/mol. The third kappa shape index (κ3) is 3.33. The zero-order valence-electron chi connectivity index (χ0n) is 10.6. The number of carbonyl (C=O) groups is 1. The summed E-state index contributed by atoms with van der Waals surface area (Å²) in [4.78, 5) is 14.6. The molecule has 0 saturated heterocycles. The van der Waals surface area contributed by atoms with E-state index >= 15 is 0 Å². The number of halogens is 1. The van der Waals surface area contributed by atoms with Gasteiger partial charge < -0.3 is 16.5 Å². The molecule has 0 aliphatic heterocycles. The molecule has 1 heterocycles. The van der Waals surface area contributed by atoms with E-state index in [2.05, 4.69) is 10.3 Å². The fraction of sp³-hybridized carbons (Fsp3) is 0.0714. The van der Waals surface area contributed by atoms with Crippen molar-refractivity contribution < 1.29 is 4.79 Å². The molecule has 0 atom stereocenters. The quantitative estimate of drug-likeness (QED) is 0.736. The van der Waals surface area contributed by atoms with Crippen LogP contribution in [0, 0.1) is 5.41 Å². The van der Waals surface area contributed by atoms with Crippen LogP contribution in [0.15, 0.2) is 48.3 Å². The van der Waals surface area contributed by atoms with E-state index in [1.807, 2.05) is 12.1 Å². The number of nitrogens with one attached hydrogen (secondary N) is 2. The minimum Gasteiger partial charge on any atom is -0.382 e. The maximum absolute atomic E-state index is 10.6. The van der Waals surface area contributed by atoms with Crippen molar-refractivity contribution in [3.63, 3.8) is 0 Å². The van der Waals surface area contributed by atoms with Gasteiger partial charge in [0.2, 0.25) is 5.91 Å². The molecule has 4 N–H and O–H groups in total. The summed E-state index contributed by atoms with van der Waals surface area (Å²) in [7, 11) is 0. The van der Waals surface area contributed by atoms with Gasteiger partial charge in [-0.3, -0.25) is 4.79 Å². The molecule has 1 aliphatic carbocycles. The van der Waals surface area contributed by atoms with Crippen LogP contribution in [0.4, 0.5) is 0 Å². The highest BCUT2D eigenvalue weighted by Gasteiger charge is 2.11. The van der Waals surface area contributed by atoms with E-state index in [9.17, 15) is 4.79 Å². The van der Waals surface area contributed by atoms with Gasteiger partial charge in [-0.1, -0.05) is 23.8 Å². The van der Waals surface area contributed by atoms with Crippen molar-refractivity contribution in [2.45, 2.75) is 0 Å². The molecule has 20 heavy (non-hydrogen) atoms. The number of amides is 1. The average molecular weight is 289 g/mol. The molecule has 0 unspecified atom stereocenters. The summed E-state index contributed by atoms with van der Waals surface area (Å²) in [5.41, 5.74) is 7.60. The summed E-state index contributed by atoms with van der Waals surface area (Å²) in [6.07, 6.45) is 8.51.